The van der Waals surface area contributed by atoms with Crippen LogP contribution in [0.25, 0.3) is 0 Å². The van der Waals surface area contributed by atoms with E-state index in [4.69, 9.17) is 15.2 Å². The molecule has 0 bridgehead atoms. The van der Waals surface area contributed by atoms with Crippen LogP contribution in [0.2, 0.25) is 0 Å². The number of nitrogens with one attached hydrogen (secondary N) is 1. The molecule has 0 fully saturated rings. The minimum Gasteiger partial charge on any atom is -0.465 e. The molecular weight excluding hydrogens is 315 g/mol. The number of alkyl halides is 1. The van der Waals surface area contributed by atoms with Gasteiger partial charge in [-0.25, -0.2) is 4.79 Å². The molecule has 0 radical (unpaired) electrons. The number of hydrogen-bond donors (Lipinski definition) is 2. The first-order valence-corrected chi connectivity index (χ1v) is 7.30. The van der Waals surface area contributed by atoms with E-state index in [-0.39, 0.29) is 0 Å². The molecule has 1 atom stereocenters. The lowest BCUT2D eigenvalue weighted by Crippen LogP contribution is -2.28. The number of anilines is 2. The van der Waals surface area contributed by atoms with Crippen molar-refractivity contribution in [1.29, 1.82) is 0 Å². The number of carbonyl (C=O) groups excluding carboxylic acids is 1. The zero-order valence-corrected chi connectivity index (χ0v) is 13.3. The van der Waals surface area contributed by atoms with Crippen molar-refractivity contribution in [2.45, 2.75) is 19.5 Å². The van der Waals surface area contributed by atoms with Crippen LogP contribution in [0.15, 0.2) is 36.4 Å². The Labute approximate surface area is 138 Å². The van der Waals surface area contributed by atoms with Crippen LogP contribution in [0, 0.1) is 0 Å². The average molecular weight is 332 g/mol. The number of esters is 1. The van der Waals surface area contributed by atoms with Gasteiger partial charge in [0.15, 0.2) is 11.5 Å². The number of para-hydroxylation sites is 1. The van der Waals surface area contributed by atoms with E-state index in [2.05, 4.69) is 10.1 Å². The third kappa shape index (κ3) is 3.05. The van der Waals surface area contributed by atoms with Gasteiger partial charge in [0, 0.05) is 19.0 Å². The number of fused-ring (bicyclic) bond motifs is 1. The van der Waals surface area contributed by atoms with Crippen LogP contribution in [-0.4, -0.2) is 19.1 Å². The summed E-state index contributed by atoms with van der Waals surface area (Å²) in [4.78, 5) is 11.5. The largest absolute Gasteiger partial charge is 0.465 e. The van der Waals surface area contributed by atoms with Crippen molar-refractivity contribution in [2.75, 3.05) is 18.2 Å². The van der Waals surface area contributed by atoms with Crippen molar-refractivity contribution in [3.05, 3.63) is 47.5 Å². The molecule has 0 amide bonds. The van der Waals surface area contributed by atoms with E-state index in [0.717, 1.165) is 5.56 Å². The number of nitrogen functional groups attached to an aromatic ring is 1. The molecule has 0 saturated heterocycles. The third-order valence-electron chi connectivity index (χ3n) is 3.58. The monoisotopic (exact) mass is 332 g/mol. The second kappa shape index (κ2) is 5.92. The molecule has 2 aromatic rings. The van der Waals surface area contributed by atoms with E-state index in [0.29, 0.717) is 35.0 Å². The fourth-order valence-electron chi connectivity index (χ4n) is 2.46. The molecule has 126 valence electrons. The smallest absolute Gasteiger partial charge is 0.404 e. The van der Waals surface area contributed by atoms with Gasteiger partial charge < -0.3 is 25.3 Å². The van der Waals surface area contributed by atoms with Gasteiger partial charge >= 0.3 is 12.0 Å². The number of halogens is 1. The molecule has 1 aliphatic rings. The number of nitrogens with two attached hydrogens (primary N) is 1. The maximum Gasteiger partial charge on any atom is 0.404 e. The molecular formula is C17H17FN2O4. The third-order valence-corrected chi connectivity index (χ3v) is 3.58. The van der Waals surface area contributed by atoms with Gasteiger partial charge in [0.25, 0.3) is 0 Å². The van der Waals surface area contributed by atoms with E-state index in [9.17, 15) is 9.18 Å². The highest BCUT2D eigenvalue weighted by Crippen LogP contribution is 2.42. The SMILES string of the molecule is COC(=O)c1ccc(NCc2cccc3c2OC(C)(F)O3)c(N)c1. The van der Waals surface area contributed by atoms with Crippen LogP contribution in [0.5, 0.6) is 11.5 Å². The van der Waals surface area contributed by atoms with Crippen molar-refractivity contribution in [3.63, 3.8) is 0 Å². The number of benzene rings is 2. The molecule has 6 nitrogen and oxygen atoms in total. The first-order valence-electron chi connectivity index (χ1n) is 7.30. The van der Waals surface area contributed by atoms with Crippen LogP contribution in [0.1, 0.15) is 22.8 Å². The predicted molar refractivity (Wildman–Crippen MR) is 86.7 cm³/mol. The van der Waals surface area contributed by atoms with Gasteiger partial charge in [0.1, 0.15) is 0 Å². The van der Waals surface area contributed by atoms with Gasteiger partial charge in [-0.1, -0.05) is 12.1 Å². The van der Waals surface area contributed by atoms with E-state index in [1.807, 2.05) is 0 Å². The zero-order valence-electron chi connectivity index (χ0n) is 13.3. The lowest BCUT2D eigenvalue weighted by Gasteiger charge is -2.13. The molecule has 7 heteroatoms. The molecule has 1 heterocycles. The first kappa shape index (κ1) is 15.9. The van der Waals surface area contributed by atoms with Gasteiger partial charge in [-0.15, -0.1) is 0 Å². The summed E-state index contributed by atoms with van der Waals surface area (Å²) < 4.78 is 28.7. The van der Waals surface area contributed by atoms with E-state index in [1.165, 1.54) is 20.1 Å². The van der Waals surface area contributed by atoms with Gasteiger partial charge in [-0.2, -0.15) is 4.39 Å². The van der Waals surface area contributed by atoms with Gasteiger partial charge in [-0.3, -0.25) is 0 Å². The molecule has 0 aromatic heterocycles. The zero-order chi connectivity index (χ0) is 17.3. The fourth-order valence-corrected chi connectivity index (χ4v) is 2.46. The Balaban J connectivity index is 1.76. The minimum atomic E-state index is -2.17. The predicted octanol–water partition coefficient (Wildman–Crippen LogP) is 3.08. The maximum atomic E-state index is 13.8. The van der Waals surface area contributed by atoms with Crippen LogP contribution < -0.4 is 20.5 Å². The minimum absolute atomic E-state index is 0.352. The Kier molecular flexibility index (Phi) is 3.92. The topological polar surface area (TPSA) is 82.8 Å². The highest BCUT2D eigenvalue weighted by Gasteiger charge is 2.37. The number of carbonyl (C=O) groups is 1. The van der Waals surface area contributed by atoms with Crippen LogP contribution in [0.4, 0.5) is 15.8 Å². The van der Waals surface area contributed by atoms with E-state index < -0.39 is 12.0 Å². The Hall–Kier alpha value is -2.96. The maximum absolute atomic E-state index is 13.8. The number of ether oxygens (including phenoxy) is 3. The summed E-state index contributed by atoms with van der Waals surface area (Å²) in [6.07, 6.45) is 0. The molecule has 1 unspecified atom stereocenters. The summed E-state index contributed by atoms with van der Waals surface area (Å²) in [6.45, 7) is 1.55. The van der Waals surface area contributed by atoms with Crippen LogP contribution in [-0.2, 0) is 11.3 Å². The van der Waals surface area contributed by atoms with Crippen molar-refractivity contribution in [2.24, 2.45) is 0 Å². The fraction of sp³-hybridized carbons (Fsp3) is 0.235. The van der Waals surface area contributed by atoms with Crippen molar-refractivity contribution in [3.8, 4) is 11.5 Å². The molecule has 1 aliphatic heterocycles. The van der Waals surface area contributed by atoms with Crippen molar-refractivity contribution in [1.82, 2.24) is 0 Å². The molecule has 3 N–H and O–H groups in total. The van der Waals surface area contributed by atoms with Gasteiger partial charge in [0.05, 0.1) is 24.0 Å². The van der Waals surface area contributed by atoms with Crippen molar-refractivity contribution < 1.29 is 23.4 Å². The Morgan fingerprint density at radius 2 is 2.12 bits per heavy atom. The number of hydrogen-bond acceptors (Lipinski definition) is 6. The van der Waals surface area contributed by atoms with Crippen molar-refractivity contribution >= 4 is 17.3 Å². The van der Waals surface area contributed by atoms with E-state index in [1.54, 1.807) is 30.3 Å². The molecule has 2 aromatic carbocycles. The summed E-state index contributed by atoms with van der Waals surface area (Å²) in [5.74, 6) is 0.259. The number of rotatable bonds is 4. The van der Waals surface area contributed by atoms with Gasteiger partial charge in [0.2, 0.25) is 0 Å². The molecule has 0 spiro atoms. The molecule has 0 saturated carbocycles. The van der Waals surface area contributed by atoms with E-state index >= 15 is 0 Å². The summed E-state index contributed by atoms with van der Waals surface area (Å²) in [6, 6.07) is 7.85. The van der Waals surface area contributed by atoms with Crippen LogP contribution in [0.3, 0.4) is 0 Å². The summed E-state index contributed by atoms with van der Waals surface area (Å²) >= 11 is 0. The first-order chi connectivity index (χ1) is 11.4. The van der Waals surface area contributed by atoms with Crippen LogP contribution >= 0.6 is 0 Å². The average Bonchev–Trinajstić information content (AvgIpc) is 2.87. The standard InChI is InChI=1S/C17H17FN2O4/c1-17(18)23-14-5-3-4-11(15(14)24-17)9-20-13-7-6-10(8-12(13)19)16(21)22-2/h3-8,20H,9,19H2,1-2H3. The lowest BCUT2D eigenvalue weighted by molar-refractivity contribution is -0.173. The Morgan fingerprint density at radius 1 is 1.33 bits per heavy atom. The summed E-state index contributed by atoms with van der Waals surface area (Å²) in [5, 5.41) is 3.14. The Morgan fingerprint density at radius 3 is 2.83 bits per heavy atom. The second-order valence-corrected chi connectivity index (χ2v) is 5.43. The highest BCUT2D eigenvalue weighted by molar-refractivity contribution is 5.91. The number of methoxy groups -OCH3 is 1. The lowest BCUT2D eigenvalue weighted by atomic mass is 10.1. The summed E-state index contributed by atoms with van der Waals surface area (Å²) in [7, 11) is 1.31. The quantitative estimate of drug-likeness (QED) is 0.661. The molecule has 0 aliphatic carbocycles. The van der Waals surface area contributed by atoms with Gasteiger partial charge in [-0.05, 0) is 24.3 Å². The summed E-state index contributed by atoms with van der Waals surface area (Å²) in [5.41, 5.74) is 8.08. The Bertz CT molecular complexity index is 792. The second-order valence-electron chi connectivity index (χ2n) is 5.43. The molecule has 3 rings (SSSR count). The molecule has 24 heavy (non-hydrogen) atoms. The highest BCUT2D eigenvalue weighted by atomic mass is 19.2. The normalized spacial score (nSPS) is 18.3.